The van der Waals surface area contributed by atoms with Crippen LogP contribution in [0.5, 0.6) is 5.75 Å². The van der Waals surface area contributed by atoms with Crippen molar-refractivity contribution in [2.24, 2.45) is 0 Å². The largest absolute Gasteiger partial charge is 0.496 e. The van der Waals surface area contributed by atoms with Crippen molar-refractivity contribution in [1.29, 1.82) is 0 Å². The number of aryl methyl sites for hydroxylation is 1. The average molecular weight is 392 g/mol. The van der Waals surface area contributed by atoms with E-state index in [0.29, 0.717) is 32.7 Å². The lowest BCUT2D eigenvalue weighted by Crippen LogP contribution is -2.41. The van der Waals surface area contributed by atoms with Crippen molar-refractivity contribution in [3.8, 4) is 5.75 Å². The molecule has 152 valence electrons. The summed E-state index contributed by atoms with van der Waals surface area (Å²) in [5.74, 6) is 0.890. The Morgan fingerprint density at radius 3 is 2.69 bits per heavy atom. The zero-order chi connectivity index (χ0) is 20.2. The molecule has 0 spiro atoms. The summed E-state index contributed by atoms with van der Waals surface area (Å²) in [5.41, 5.74) is 4.62. The maximum atomic E-state index is 13.2. The van der Waals surface area contributed by atoms with Crippen molar-refractivity contribution in [2.75, 3.05) is 33.4 Å². The molecule has 1 aliphatic heterocycles. The Kier molecular flexibility index (Phi) is 5.86. The Bertz CT molecular complexity index is 989. The first kappa shape index (κ1) is 19.5. The molecule has 0 saturated carbocycles. The van der Waals surface area contributed by atoms with Crippen LogP contribution < -0.4 is 4.74 Å². The second kappa shape index (κ2) is 8.70. The van der Waals surface area contributed by atoms with Crippen LogP contribution in [0.1, 0.15) is 36.0 Å². The molecule has 0 radical (unpaired) electrons. The minimum absolute atomic E-state index is 0.0812. The van der Waals surface area contributed by atoms with Gasteiger partial charge in [0.1, 0.15) is 5.75 Å². The quantitative estimate of drug-likeness (QED) is 0.687. The van der Waals surface area contributed by atoms with Crippen LogP contribution in [-0.2, 0) is 16.0 Å². The van der Waals surface area contributed by atoms with Gasteiger partial charge in [0.05, 0.1) is 20.3 Å². The smallest absolute Gasteiger partial charge is 0.223 e. The number of rotatable bonds is 6. The number of carbonyl (C=O) groups is 1. The Balaban J connectivity index is 1.77. The highest BCUT2D eigenvalue weighted by Gasteiger charge is 2.27. The minimum atomic E-state index is -0.0812. The Labute approximate surface area is 171 Å². The molecule has 0 aliphatic carbocycles. The van der Waals surface area contributed by atoms with Crippen molar-refractivity contribution < 1.29 is 14.3 Å². The Hall–Kier alpha value is -2.79. The standard InChI is InChI=1S/C24H28N2O3/c1-3-17-7-6-9-19-21(16-25-24(17)19)20(18-8-4-5-10-22(18)28-2)15-23(27)26-11-13-29-14-12-26/h4-10,16,20,25H,3,11-15H2,1-2H3. The fourth-order valence-corrected chi connectivity index (χ4v) is 4.28. The molecule has 1 fully saturated rings. The highest BCUT2D eigenvalue weighted by atomic mass is 16.5. The van der Waals surface area contributed by atoms with E-state index in [4.69, 9.17) is 9.47 Å². The maximum absolute atomic E-state index is 13.2. The number of hydrogen-bond acceptors (Lipinski definition) is 3. The lowest BCUT2D eigenvalue weighted by molar-refractivity contribution is -0.135. The topological polar surface area (TPSA) is 54.6 Å². The van der Waals surface area contributed by atoms with Gasteiger partial charge in [0.25, 0.3) is 0 Å². The van der Waals surface area contributed by atoms with Crippen LogP contribution in [0.4, 0.5) is 0 Å². The molecule has 1 aliphatic rings. The highest BCUT2D eigenvalue weighted by molar-refractivity contribution is 5.88. The maximum Gasteiger partial charge on any atom is 0.223 e. The molecular weight excluding hydrogens is 364 g/mol. The van der Waals surface area contributed by atoms with Crippen molar-refractivity contribution in [1.82, 2.24) is 9.88 Å². The van der Waals surface area contributed by atoms with Gasteiger partial charge in [0.2, 0.25) is 5.91 Å². The summed E-state index contributed by atoms with van der Waals surface area (Å²) in [6.45, 7) is 4.70. The van der Waals surface area contributed by atoms with Gasteiger partial charge < -0.3 is 19.4 Å². The summed E-state index contributed by atoms with van der Waals surface area (Å²) in [4.78, 5) is 18.5. The van der Waals surface area contributed by atoms with Gasteiger partial charge in [0, 0.05) is 48.1 Å². The fraction of sp³-hybridized carbons (Fsp3) is 0.375. The lowest BCUT2D eigenvalue weighted by Gasteiger charge is -2.29. The highest BCUT2D eigenvalue weighted by Crippen LogP contribution is 2.38. The first-order valence-corrected chi connectivity index (χ1v) is 10.3. The molecule has 5 heteroatoms. The molecular formula is C24H28N2O3. The number of morpholine rings is 1. The molecule has 2 heterocycles. The molecule has 4 rings (SSSR count). The molecule has 0 bridgehead atoms. The molecule has 1 amide bonds. The fourth-order valence-electron chi connectivity index (χ4n) is 4.28. The van der Waals surface area contributed by atoms with Crippen LogP contribution in [-0.4, -0.2) is 49.2 Å². The summed E-state index contributed by atoms with van der Waals surface area (Å²) in [6, 6.07) is 14.4. The number of para-hydroxylation sites is 2. The van der Waals surface area contributed by atoms with Crippen molar-refractivity contribution in [3.63, 3.8) is 0 Å². The minimum Gasteiger partial charge on any atom is -0.496 e. The van der Waals surface area contributed by atoms with Gasteiger partial charge in [-0.1, -0.05) is 43.3 Å². The van der Waals surface area contributed by atoms with Crippen LogP contribution in [0.25, 0.3) is 10.9 Å². The van der Waals surface area contributed by atoms with E-state index in [-0.39, 0.29) is 11.8 Å². The number of methoxy groups -OCH3 is 1. The molecule has 5 nitrogen and oxygen atoms in total. The summed E-state index contributed by atoms with van der Waals surface area (Å²) < 4.78 is 11.1. The second-order valence-electron chi connectivity index (χ2n) is 7.43. The van der Waals surface area contributed by atoms with Crippen LogP contribution in [0.3, 0.4) is 0 Å². The summed E-state index contributed by atoms with van der Waals surface area (Å²) in [6.07, 6.45) is 3.43. The van der Waals surface area contributed by atoms with Crippen LogP contribution >= 0.6 is 0 Å². The molecule has 29 heavy (non-hydrogen) atoms. The SMILES string of the molecule is CCc1cccc2c(C(CC(=O)N3CCOCC3)c3ccccc3OC)c[nH]c12. The van der Waals surface area contributed by atoms with Gasteiger partial charge in [0.15, 0.2) is 0 Å². The number of fused-ring (bicyclic) bond motifs is 1. The van der Waals surface area contributed by atoms with Crippen LogP contribution in [0, 0.1) is 0 Å². The van der Waals surface area contributed by atoms with Gasteiger partial charge in [-0.25, -0.2) is 0 Å². The van der Waals surface area contributed by atoms with E-state index in [1.54, 1.807) is 7.11 Å². The molecule has 1 saturated heterocycles. The summed E-state index contributed by atoms with van der Waals surface area (Å²) >= 11 is 0. The molecule has 3 aromatic rings. The van der Waals surface area contributed by atoms with Crippen molar-refractivity contribution in [2.45, 2.75) is 25.7 Å². The van der Waals surface area contributed by atoms with Gasteiger partial charge >= 0.3 is 0 Å². The number of benzene rings is 2. The van der Waals surface area contributed by atoms with Gasteiger partial charge in [-0.05, 0) is 23.6 Å². The van der Waals surface area contributed by atoms with E-state index in [9.17, 15) is 4.79 Å². The third-order valence-corrected chi connectivity index (χ3v) is 5.85. The van der Waals surface area contributed by atoms with Crippen molar-refractivity contribution >= 4 is 16.8 Å². The van der Waals surface area contributed by atoms with E-state index in [0.717, 1.165) is 28.8 Å². The molecule has 1 unspecified atom stereocenters. The average Bonchev–Trinajstić information content (AvgIpc) is 3.22. The van der Waals surface area contributed by atoms with Gasteiger partial charge in [-0.15, -0.1) is 0 Å². The van der Waals surface area contributed by atoms with E-state index >= 15 is 0 Å². The van der Waals surface area contributed by atoms with E-state index in [1.807, 2.05) is 23.1 Å². The monoisotopic (exact) mass is 392 g/mol. The zero-order valence-corrected chi connectivity index (χ0v) is 17.1. The third-order valence-electron chi connectivity index (χ3n) is 5.85. The molecule has 2 aromatic carbocycles. The van der Waals surface area contributed by atoms with E-state index < -0.39 is 0 Å². The summed E-state index contributed by atoms with van der Waals surface area (Å²) in [5, 5.41) is 1.18. The molecule has 1 aromatic heterocycles. The lowest BCUT2D eigenvalue weighted by atomic mass is 9.86. The van der Waals surface area contributed by atoms with Crippen molar-refractivity contribution in [3.05, 3.63) is 65.4 Å². The van der Waals surface area contributed by atoms with Crippen LogP contribution in [0.2, 0.25) is 0 Å². The van der Waals surface area contributed by atoms with Gasteiger partial charge in [-0.2, -0.15) is 0 Å². The normalized spacial score (nSPS) is 15.4. The summed E-state index contributed by atoms with van der Waals surface area (Å²) in [7, 11) is 1.68. The second-order valence-corrected chi connectivity index (χ2v) is 7.43. The number of hydrogen-bond donors (Lipinski definition) is 1. The number of nitrogens with zero attached hydrogens (tertiary/aromatic N) is 1. The molecule has 1 N–H and O–H groups in total. The predicted octanol–water partition coefficient (Wildman–Crippen LogP) is 4.12. The van der Waals surface area contributed by atoms with Crippen LogP contribution in [0.15, 0.2) is 48.7 Å². The first-order valence-electron chi connectivity index (χ1n) is 10.3. The Morgan fingerprint density at radius 2 is 1.93 bits per heavy atom. The number of H-pyrrole nitrogens is 1. The number of aromatic nitrogens is 1. The first-order chi connectivity index (χ1) is 14.2. The number of carbonyl (C=O) groups excluding carboxylic acids is 1. The van der Waals surface area contributed by atoms with E-state index in [1.165, 1.54) is 10.9 Å². The molecule has 1 atom stereocenters. The number of aromatic amines is 1. The Morgan fingerprint density at radius 1 is 1.14 bits per heavy atom. The van der Waals surface area contributed by atoms with Gasteiger partial charge in [-0.3, -0.25) is 4.79 Å². The zero-order valence-electron chi connectivity index (χ0n) is 17.1. The third kappa shape index (κ3) is 3.87. The van der Waals surface area contributed by atoms with E-state index in [2.05, 4.69) is 42.4 Å². The number of ether oxygens (including phenoxy) is 2. The number of nitrogens with one attached hydrogen (secondary N) is 1. The predicted molar refractivity (Wildman–Crippen MR) is 115 cm³/mol. The number of amides is 1.